The molecule has 7 nitrogen and oxygen atoms in total. The van der Waals surface area contributed by atoms with Crippen molar-refractivity contribution in [1.29, 1.82) is 5.26 Å². The maximum atomic E-state index is 11.0. The number of nitrogens with zero attached hydrogens (tertiary/aromatic N) is 3. The number of anilines is 1. The summed E-state index contributed by atoms with van der Waals surface area (Å²) in [7, 11) is 0. The second kappa shape index (κ2) is 6.11. The first-order valence-corrected chi connectivity index (χ1v) is 6.23. The zero-order valence-electron chi connectivity index (χ0n) is 10.4. The first-order chi connectivity index (χ1) is 9.22. The highest BCUT2D eigenvalue weighted by molar-refractivity contribution is 5.64. The molecule has 1 aliphatic heterocycles. The number of pyridine rings is 1. The van der Waals surface area contributed by atoms with E-state index in [0.717, 1.165) is 19.4 Å². The van der Waals surface area contributed by atoms with Crippen molar-refractivity contribution in [1.82, 2.24) is 10.3 Å². The standard InChI is InChI=1S/C12H15N5O2/c13-7-9-4-6-15-12(11(9)17(18)19)16-8-10-3-1-2-5-14-10/h4,6,10,14H,1-3,5,8H2,(H,15,16). The minimum Gasteiger partial charge on any atom is -0.363 e. The minimum absolute atomic E-state index is 0.0269. The molecular formula is C12H15N5O2. The van der Waals surface area contributed by atoms with Crippen LogP contribution in [0.3, 0.4) is 0 Å². The Morgan fingerprint density at radius 1 is 1.63 bits per heavy atom. The summed E-state index contributed by atoms with van der Waals surface area (Å²) in [5.74, 6) is 0.163. The van der Waals surface area contributed by atoms with Crippen LogP contribution in [0.25, 0.3) is 0 Å². The van der Waals surface area contributed by atoms with Crippen molar-refractivity contribution in [2.75, 3.05) is 18.4 Å². The summed E-state index contributed by atoms with van der Waals surface area (Å²) >= 11 is 0. The molecule has 0 aliphatic carbocycles. The number of nitriles is 1. The van der Waals surface area contributed by atoms with E-state index in [9.17, 15) is 10.1 Å². The van der Waals surface area contributed by atoms with Gasteiger partial charge in [0.05, 0.1) is 4.92 Å². The number of aromatic nitrogens is 1. The van der Waals surface area contributed by atoms with E-state index in [1.807, 2.05) is 6.07 Å². The van der Waals surface area contributed by atoms with Crippen LogP contribution in [0.15, 0.2) is 12.3 Å². The molecule has 1 aromatic heterocycles. The Morgan fingerprint density at radius 2 is 2.47 bits per heavy atom. The van der Waals surface area contributed by atoms with Gasteiger partial charge in [0.1, 0.15) is 11.6 Å². The Morgan fingerprint density at radius 3 is 3.11 bits per heavy atom. The molecule has 0 aromatic carbocycles. The molecule has 1 aromatic rings. The highest BCUT2D eigenvalue weighted by Crippen LogP contribution is 2.25. The molecule has 7 heteroatoms. The third-order valence-electron chi connectivity index (χ3n) is 3.16. The summed E-state index contributed by atoms with van der Waals surface area (Å²) in [5.41, 5.74) is -0.222. The minimum atomic E-state index is -0.567. The van der Waals surface area contributed by atoms with E-state index in [0.29, 0.717) is 12.6 Å². The van der Waals surface area contributed by atoms with Crippen LogP contribution in [0.1, 0.15) is 24.8 Å². The summed E-state index contributed by atoms with van der Waals surface area (Å²) in [6, 6.07) is 3.46. The van der Waals surface area contributed by atoms with E-state index in [4.69, 9.17) is 5.26 Å². The zero-order chi connectivity index (χ0) is 13.7. The van der Waals surface area contributed by atoms with Crippen molar-refractivity contribution < 1.29 is 4.92 Å². The molecule has 0 bridgehead atoms. The van der Waals surface area contributed by atoms with Gasteiger partial charge in [-0.15, -0.1) is 0 Å². The molecular weight excluding hydrogens is 246 g/mol. The van der Waals surface area contributed by atoms with Crippen molar-refractivity contribution in [2.45, 2.75) is 25.3 Å². The first-order valence-electron chi connectivity index (χ1n) is 6.23. The fourth-order valence-electron chi connectivity index (χ4n) is 2.18. The Hall–Kier alpha value is -2.20. The van der Waals surface area contributed by atoms with Gasteiger partial charge in [-0.3, -0.25) is 10.1 Å². The number of nitrogens with one attached hydrogen (secondary N) is 2. The molecule has 1 fully saturated rings. The van der Waals surface area contributed by atoms with Crippen LogP contribution < -0.4 is 10.6 Å². The lowest BCUT2D eigenvalue weighted by molar-refractivity contribution is -0.384. The molecule has 100 valence electrons. The lowest BCUT2D eigenvalue weighted by Gasteiger charge is -2.23. The van der Waals surface area contributed by atoms with Crippen molar-refractivity contribution in [3.05, 3.63) is 27.9 Å². The lowest BCUT2D eigenvalue weighted by Crippen LogP contribution is -2.39. The van der Waals surface area contributed by atoms with E-state index < -0.39 is 4.92 Å². The topological polar surface area (TPSA) is 104 Å². The van der Waals surface area contributed by atoms with Gasteiger partial charge in [-0.05, 0) is 25.5 Å². The van der Waals surface area contributed by atoms with Gasteiger partial charge in [-0.2, -0.15) is 5.26 Å². The number of nitro groups is 1. The van der Waals surface area contributed by atoms with Crippen LogP contribution in [0.4, 0.5) is 11.5 Å². The first kappa shape index (κ1) is 13.2. The van der Waals surface area contributed by atoms with Crippen molar-refractivity contribution in [3.63, 3.8) is 0 Å². The van der Waals surface area contributed by atoms with Gasteiger partial charge in [-0.1, -0.05) is 6.42 Å². The van der Waals surface area contributed by atoms with Crippen LogP contribution in [0.2, 0.25) is 0 Å². The summed E-state index contributed by atoms with van der Waals surface area (Å²) < 4.78 is 0. The predicted molar refractivity (Wildman–Crippen MR) is 69.7 cm³/mol. The quantitative estimate of drug-likeness (QED) is 0.627. The molecule has 2 heterocycles. The molecule has 1 unspecified atom stereocenters. The molecule has 0 amide bonds. The van der Waals surface area contributed by atoms with Gasteiger partial charge in [0.2, 0.25) is 5.82 Å². The van der Waals surface area contributed by atoms with Crippen LogP contribution in [0.5, 0.6) is 0 Å². The third-order valence-corrected chi connectivity index (χ3v) is 3.16. The average molecular weight is 261 g/mol. The summed E-state index contributed by atoms with van der Waals surface area (Å²) in [6.07, 6.45) is 4.77. The molecule has 2 N–H and O–H groups in total. The zero-order valence-corrected chi connectivity index (χ0v) is 10.4. The van der Waals surface area contributed by atoms with E-state index in [2.05, 4.69) is 15.6 Å². The van der Waals surface area contributed by atoms with Gasteiger partial charge < -0.3 is 10.6 Å². The Kier molecular flexibility index (Phi) is 4.26. The molecule has 19 heavy (non-hydrogen) atoms. The number of hydrogen-bond donors (Lipinski definition) is 2. The number of hydrogen-bond acceptors (Lipinski definition) is 6. The molecule has 0 spiro atoms. The largest absolute Gasteiger partial charge is 0.363 e. The van der Waals surface area contributed by atoms with E-state index in [-0.39, 0.29) is 17.1 Å². The summed E-state index contributed by atoms with van der Waals surface area (Å²) in [6.45, 7) is 1.54. The molecule has 0 saturated carbocycles. The van der Waals surface area contributed by atoms with Gasteiger partial charge in [0.15, 0.2) is 0 Å². The van der Waals surface area contributed by atoms with E-state index in [1.54, 1.807) is 0 Å². The lowest BCUT2D eigenvalue weighted by atomic mass is 10.1. The van der Waals surface area contributed by atoms with Crippen molar-refractivity contribution in [3.8, 4) is 6.07 Å². The van der Waals surface area contributed by atoms with Crippen LogP contribution in [0, 0.1) is 21.4 Å². The maximum absolute atomic E-state index is 11.0. The molecule has 1 atom stereocenters. The van der Waals surface area contributed by atoms with E-state index in [1.165, 1.54) is 18.7 Å². The van der Waals surface area contributed by atoms with Gasteiger partial charge >= 0.3 is 5.69 Å². The number of piperidine rings is 1. The van der Waals surface area contributed by atoms with Gasteiger partial charge in [0.25, 0.3) is 0 Å². The van der Waals surface area contributed by atoms with Gasteiger partial charge in [0, 0.05) is 18.8 Å². The average Bonchev–Trinajstić information content (AvgIpc) is 2.45. The predicted octanol–water partition coefficient (Wildman–Crippen LogP) is 1.42. The highest BCUT2D eigenvalue weighted by atomic mass is 16.6. The normalized spacial score (nSPS) is 18.6. The van der Waals surface area contributed by atoms with Crippen LogP contribution in [-0.4, -0.2) is 29.0 Å². The maximum Gasteiger partial charge on any atom is 0.328 e. The number of rotatable bonds is 4. The Balaban J connectivity index is 2.11. The van der Waals surface area contributed by atoms with Crippen molar-refractivity contribution in [2.24, 2.45) is 0 Å². The summed E-state index contributed by atoms with van der Waals surface area (Å²) in [5, 5.41) is 26.2. The fourth-order valence-corrected chi connectivity index (χ4v) is 2.18. The highest BCUT2D eigenvalue weighted by Gasteiger charge is 2.22. The van der Waals surface area contributed by atoms with Gasteiger partial charge in [-0.25, -0.2) is 4.98 Å². The van der Waals surface area contributed by atoms with Crippen LogP contribution in [-0.2, 0) is 0 Å². The smallest absolute Gasteiger partial charge is 0.328 e. The Bertz CT molecular complexity index is 505. The summed E-state index contributed by atoms with van der Waals surface area (Å²) in [4.78, 5) is 14.4. The monoisotopic (exact) mass is 261 g/mol. The fraction of sp³-hybridized carbons (Fsp3) is 0.500. The SMILES string of the molecule is N#Cc1ccnc(NCC2CCCCN2)c1[N+](=O)[O-]. The second-order valence-corrected chi connectivity index (χ2v) is 4.45. The molecule has 1 aliphatic rings. The van der Waals surface area contributed by atoms with Crippen LogP contribution >= 0.6 is 0 Å². The molecule has 2 rings (SSSR count). The Labute approximate surface area is 110 Å². The third kappa shape index (κ3) is 3.17. The van der Waals surface area contributed by atoms with E-state index >= 15 is 0 Å². The van der Waals surface area contributed by atoms with Crippen molar-refractivity contribution >= 4 is 11.5 Å². The second-order valence-electron chi connectivity index (χ2n) is 4.45. The molecule has 1 saturated heterocycles. The molecule has 0 radical (unpaired) electrons.